The average molecular weight is 207 g/mol. The van der Waals surface area contributed by atoms with Crippen molar-refractivity contribution >= 4 is 23.6 Å². The number of hydrogen-bond acceptors (Lipinski definition) is 3. The molecule has 0 radical (unpaired) electrons. The smallest absolute Gasteiger partial charge is 0.328 e. The summed E-state index contributed by atoms with van der Waals surface area (Å²) < 4.78 is 4.66. The molecule has 0 aromatic rings. The lowest BCUT2D eigenvalue weighted by molar-refractivity contribution is -0.139. The Kier molecular flexibility index (Phi) is 3.82. The topological polar surface area (TPSA) is 67.4 Å². The number of rotatable bonds is 3. The summed E-state index contributed by atoms with van der Waals surface area (Å²) >= 11 is 5.36. The Morgan fingerprint density at radius 1 is 1.69 bits per heavy atom. The first-order valence-corrected chi connectivity index (χ1v) is 4.54. The molecule has 13 heavy (non-hydrogen) atoms. The maximum absolute atomic E-state index is 11.0. The molecule has 0 aromatic heterocycles. The lowest BCUT2D eigenvalue weighted by Crippen LogP contribution is -2.44. The van der Waals surface area contributed by atoms with Crippen molar-refractivity contribution in [3.8, 4) is 0 Å². The molecule has 2 N–H and O–H groups in total. The van der Waals surface area contributed by atoms with Crippen molar-refractivity contribution in [2.24, 2.45) is 0 Å². The minimum absolute atomic E-state index is 0.350. The molecule has 1 unspecified atom stereocenters. The van der Waals surface area contributed by atoms with Crippen molar-refractivity contribution in [1.29, 1.82) is 0 Å². The summed E-state index contributed by atoms with van der Waals surface area (Å²) in [6.45, 7) is 0.758. The number of ether oxygens (including phenoxy) is 1. The van der Waals surface area contributed by atoms with Crippen molar-refractivity contribution in [3.63, 3.8) is 0 Å². The van der Waals surface area contributed by atoms with Gasteiger partial charge in [-0.1, -0.05) is 0 Å². The quantitative estimate of drug-likeness (QED) is 0.498. The van der Waals surface area contributed by atoms with Crippen LogP contribution in [0.5, 0.6) is 0 Å². The van der Waals surface area contributed by atoms with Crippen LogP contribution in [0.4, 0.5) is 4.79 Å². The van der Waals surface area contributed by atoms with Gasteiger partial charge in [0.05, 0.1) is 6.61 Å². The SMILES string of the molecule is O=C(NCCCl)NC1CCOC1=O. The van der Waals surface area contributed by atoms with E-state index in [-0.39, 0.29) is 12.0 Å². The second-order valence-electron chi connectivity index (χ2n) is 2.60. The number of alkyl halides is 1. The van der Waals surface area contributed by atoms with Crippen LogP contribution in [0, 0.1) is 0 Å². The molecule has 1 rings (SSSR count). The number of carbonyl (C=O) groups excluding carboxylic acids is 2. The maximum Gasteiger partial charge on any atom is 0.328 e. The highest BCUT2D eigenvalue weighted by Gasteiger charge is 2.27. The van der Waals surface area contributed by atoms with Gasteiger partial charge in [-0.15, -0.1) is 11.6 Å². The van der Waals surface area contributed by atoms with E-state index in [9.17, 15) is 9.59 Å². The van der Waals surface area contributed by atoms with Crippen LogP contribution in [-0.2, 0) is 9.53 Å². The number of amides is 2. The standard InChI is InChI=1S/C7H11ClN2O3/c8-2-3-9-7(12)10-5-1-4-13-6(5)11/h5H,1-4H2,(H2,9,10,12). The molecule has 74 valence electrons. The molecule has 1 saturated heterocycles. The molecule has 0 bridgehead atoms. The predicted molar refractivity (Wildman–Crippen MR) is 46.6 cm³/mol. The third-order valence-corrected chi connectivity index (χ3v) is 1.81. The molecule has 1 atom stereocenters. The van der Waals surface area contributed by atoms with E-state index in [1.807, 2.05) is 0 Å². The number of esters is 1. The summed E-state index contributed by atoms with van der Waals surface area (Å²) in [6, 6.07) is -0.889. The molecule has 1 fully saturated rings. The number of hydrogen-bond donors (Lipinski definition) is 2. The largest absolute Gasteiger partial charge is 0.464 e. The summed E-state index contributed by atoms with van der Waals surface area (Å²) in [6.07, 6.45) is 0.535. The lowest BCUT2D eigenvalue weighted by atomic mass is 10.2. The number of urea groups is 1. The van der Waals surface area contributed by atoms with E-state index in [1.165, 1.54) is 0 Å². The monoisotopic (exact) mass is 206 g/mol. The van der Waals surface area contributed by atoms with Crippen LogP contribution >= 0.6 is 11.6 Å². The molecular weight excluding hydrogens is 196 g/mol. The van der Waals surface area contributed by atoms with E-state index in [1.54, 1.807) is 0 Å². The Labute approximate surface area is 80.8 Å². The van der Waals surface area contributed by atoms with Gasteiger partial charge in [0.2, 0.25) is 0 Å². The molecule has 2 amide bonds. The van der Waals surface area contributed by atoms with E-state index in [4.69, 9.17) is 11.6 Å². The van der Waals surface area contributed by atoms with Crippen molar-refractivity contribution in [1.82, 2.24) is 10.6 Å². The molecule has 5 nitrogen and oxygen atoms in total. The number of cyclic esters (lactones) is 1. The van der Waals surface area contributed by atoms with Crippen LogP contribution in [0.2, 0.25) is 0 Å². The first-order valence-electron chi connectivity index (χ1n) is 4.01. The van der Waals surface area contributed by atoms with Crippen molar-refractivity contribution in [3.05, 3.63) is 0 Å². The van der Waals surface area contributed by atoms with Crippen LogP contribution in [0.15, 0.2) is 0 Å². The molecule has 0 aromatic carbocycles. The van der Waals surface area contributed by atoms with Crippen molar-refractivity contribution in [2.75, 3.05) is 19.0 Å². The number of carbonyl (C=O) groups is 2. The van der Waals surface area contributed by atoms with E-state index >= 15 is 0 Å². The van der Waals surface area contributed by atoms with Gasteiger partial charge >= 0.3 is 12.0 Å². The van der Waals surface area contributed by atoms with Crippen LogP contribution < -0.4 is 10.6 Å². The summed E-state index contributed by atoms with van der Waals surface area (Å²) in [5.74, 6) is -0.0243. The fraction of sp³-hybridized carbons (Fsp3) is 0.714. The summed E-state index contributed by atoms with van der Waals surface area (Å²) in [5.41, 5.74) is 0. The lowest BCUT2D eigenvalue weighted by Gasteiger charge is -2.08. The first-order chi connectivity index (χ1) is 6.24. The van der Waals surface area contributed by atoms with Gasteiger partial charge < -0.3 is 15.4 Å². The van der Waals surface area contributed by atoms with Crippen LogP contribution in [-0.4, -0.2) is 37.1 Å². The molecule has 6 heteroatoms. The Morgan fingerprint density at radius 3 is 3.00 bits per heavy atom. The van der Waals surface area contributed by atoms with Gasteiger partial charge in [-0.2, -0.15) is 0 Å². The summed E-state index contributed by atoms with van der Waals surface area (Å²) in [7, 11) is 0. The molecule has 1 aliphatic rings. The molecule has 0 spiro atoms. The van der Waals surface area contributed by atoms with Gasteiger partial charge in [-0.25, -0.2) is 9.59 Å². The molecule has 1 aliphatic heterocycles. The van der Waals surface area contributed by atoms with Gasteiger partial charge in [0, 0.05) is 18.8 Å². The molecule has 0 saturated carbocycles. The molecular formula is C7H11ClN2O3. The first kappa shape index (κ1) is 10.1. The Balaban J connectivity index is 2.23. The number of halogens is 1. The van der Waals surface area contributed by atoms with E-state index in [0.717, 1.165) is 0 Å². The average Bonchev–Trinajstić information content (AvgIpc) is 2.48. The van der Waals surface area contributed by atoms with Crippen molar-refractivity contribution in [2.45, 2.75) is 12.5 Å². The highest BCUT2D eigenvalue weighted by Crippen LogP contribution is 2.04. The fourth-order valence-electron chi connectivity index (χ4n) is 0.997. The Bertz CT molecular complexity index is 210. The summed E-state index contributed by atoms with van der Waals surface area (Å²) in [4.78, 5) is 21.9. The molecule has 0 aliphatic carbocycles. The van der Waals surface area contributed by atoms with E-state index in [2.05, 4.69) is 15.4 Å². The third kappa shape index (κ3) is 3.10. The van der Waals surface area contributed by atoms with Gasteiger partial charge in [0.15, 0.2) is 0 Å². The summed E-state index contributed by atoms with van der Waals surface area (Å²) in [5, 5.41) is 4.97. The maximum atomic E-state index is 11.0. The predicted octanol–water partition coefficient (Wildman–Crippen LogP) is -0.160. The zero-order chi connectivity index (χ0) is 9.68. The Hall–Kier alpha value is -0.970. The van der Waals surface area contributed by atoms with Crippen LogP contribution in [0.25, 0.3) is 0 Å². The minimum atomic E-state index is -0.504. The zero-order valence-corrected chi connectivity index (χ0v) is 7.76. The van der Waals surface area contributed by atoms with Gasteiger partial charge in [-0.3, -0.25) is 0 Å². The van der Waals surface area contributed by atoms with Crippen LogP contribution in [0.1, 0.15) is 6.42 Å². The van der Waals surface area contributed by atoms with Gasteiger partial charge in [0.1, 0.15) is 6.04 Å². The third-order valence-electron chi connectivity index (χ3n) is 1.62. The zero-order valence-electron chi connectivity index (χ0n) is 7.01. The highest BCUT2D eigenvalue weighted by molar-refractivity contribution is 6.18. The van der Waals surface area contributed by atoms with Gasteiger partial charge in [-0.05, 0) is 0 Å². The minimum Gasteiger partial charge on any atom is -0.464 e. The van der Waals surface area contributed by atoms with E-state index in [0.29, 0.717) is 25.5 Å². The second-order valence-corrected chi connectivity index (χ2v) is 2.98. The fourth-order valence-corrected chi connectivity index (χ4v) is 1.09. The Morgan fingerprint density at radius 2 is 2.46 bits per heavy atom. The highest BCUT2D eigenvalue weighted by atomic mass is 35.5. The molecule has 1 heterocycles. The second kappa shape index (κ2) is 4.91. The van der Waals surface area contributed by atoms with Crippen LogP contribution in [0.3, 0.4) is 0 Å². The number of nitrogens with one attached hydrogen (secondary N) is 2. The van der Waals surface area contributed by atoms with E-state index < -0.39 is 6.04 Å². The van der Waals surface area contributed by atoms with Crippen molar-refractivity contribution < 1.29 is 14.3 Å². The normalized spacial score (nSPS) is 21.0. The van der Waals surface area contributed by atoms with Gasteiger partial charge in [0.25, 0.3) is 0 Å².